The van der Waals surface area contributed by atoms with Crippen LogP contribution in [0.15, 0.2) is 54.1 Å². The van der Waals surface area contributed by atoms with Crippen LogP contribution in [0.1, 0.15) is 12.8 Å². The predicted molar refractivity (Wildman–Crippen MR) is 69.7 cm³/mol. The van der Waals surface area contributed by atoms with Crippen LogP contribution < -0.4 is 4.74 Å². The molecule has 0 amide bonds. The minimum Gasteiger partial charge on any atom is -0.480 e. The van der Waals surface area contributed by atoms with Gasteiger partial charge < -0.3 is 9.84 Å². The van der Waals surface area contributed by atoms with Crippen LogP contribution in [0, 0.1) is 5.92 Å². The molecule has 1 unspecified atom stereocenters. The lowest BCUT2D eigenvalue weighted by Crippen LogP contribution is -2.30. The van der Waals surface area contributed by atoms with Crippen LogP contribution in [-0.4, -0.2) is 17.0 Å². The molecule has 1 N–H and O–H groups in total. The molecule has 1 aliphatic carbocycles. The van der Waals surface area contributed by atoms with Crippen LogP contribution in [-0.2, 0) is 9.59 Å². The van der Waals surface area contributed by atoms with Crippen LogP contribution in [0.5, 0.6) is 5.75 Å². The van der Waals surface area contributed by atoms with E-state index in [2.05, 4.69) is 0 Å². The highest BCUT2D eigenvalue weighted by molar-refractivity contribution is 5.98. The Kier molecular flexibility index (Phi) is 4.13. The molecule has 0 spiro atoms. The van der Waals surface area contributed by atoms with Crippen molar-refractivity contribution in [2.24, 2.45) is 5.92 Å². The third kappa shape index (κ3) is 3.31. The monoisotopic (exact) mass is 258 g/mol. The quantitative estimate of drug-likeness (QED) is 0.390. The number of rotatable bonds is 4. The highest BCUT2D eigenvalue weighted by Gasteiger charge is 2.31. The summed E-state index contributed by atoms with van der Waals surface area (Å²) < 4.78 is 5.11. The zero-order valence-corrected chi connectivity index (χ0v) is 10.3. The van der Waals surface area contributed by atoms with Crippen molar-refractivity contribution >= 4 is 11.9 Å². The summed E-state index contributed by atoms with van der Waals surface area (Å²) in [6.45, 7) is 0. The van der Waals surface area contributed by atoms with Gasteiger partial charge in [-0.2, -0.15) is 0 Å². The maximum atomic E-state index is 12.0. The summed E-state index contributed by atoms with van der Waals surface area (Å²) in [7, 11) is 0. The molecule has 0 aromatic heterocycles. The lowest BCUT2D eigenvalue weighted by atomic mass is 9.92. The zero-order chi connectivity index (χ0) is 13.7. The summed E-state index contributed by atoms with van der Waals surface area (Å²) in [5.74, 6) is -2.81. The Morgan fingerprint density at radius 2 is 1.89 bits per heavy atom. The van der Waals surface area contributed by atoms with Gasteiger partial charge in [0, 0.05) is 0 Å². The second-order valence-electron chi connectivity index (χ2n) is 4.20. The molecule has 0 saturated carbocycles. The van der Waals surface area contributed by atoms with Crippen LogP contribution in [0.25, 0.3) is 0 Å². The number of carbonyl (C=O) groups excluding carboxylic acids is 1. The molecule has 0 bridgehead atoms. The molecule has 0 radical (unpaired) electrons. The van der Waals surface area contributed by atoms with Gasteiger partial charge in [0.2, 0.25) is 0 Å². The third-order valence-electron chi connectivity index (χ3n) is 2.85. The first-order chi connectivity index (χ1) is 9.18. The standard InChI is InChI=1S/C15H14O4/c16-14(17)13(11-7-3-1-4-8-11)15(18)19-12-9-5-2-6-10-12/h1-3,5-6,8-10,13H,4,7H2,(H,16,17). The van der Waals surface area contributed by atoms with Crippen molar-refractivity contribution in [1.82, 2.24) is 0 Å². The largest absolute Gasteiger partial charge is 0.480 e. The lowest BCUT2D eigenvalue weighted by molar-refractivity contribution is -0.151. The number of allylic oxidation sites excluding steroid dienone is 3. The van der Waals surface area contributed by atoms with E-state index in [1.54, 1.807) is 36.4 Å². The molecule has 2 rings (SSSR count). The van der Waals surface area contributed by atoms with E-state index in [4.69, 9.17) is 4.74 Å². The predicted octanol–water partition coefficient (Wildman–Crippen LogP) is 2.57. The van der Waals surface area contributed by atoms with E-state index >= 15 is 0 Å². The Morgan fingerprint density at radius 3 is 2.47 bits per heavy atom. The average molecular weight is 258 g/mol. The summed E-state index contributed by atoms with van der Waals surface area (Å²) >= 11 is 0. The van der Waals surface area contributed by atoms with E-state index in [-0.39, 0.29) is 0 Å². The molecule has 98 valence electrons. The highest BCUT2D eigenvalue weighted by atomic mass is 16.5. The Bertz CT molecular complexity index is 528. The van der Waals surface area contributed by atoms with Crippen molar-refractivity contribution in [3.05, 3.63) is 54.1 Å². The molecule has 1 aliphatic rings. The summed E-state index contributed by atoms with van der Waals surface area (Å²) in [6, 6.07) is 8.47. The van der Waals surface area contributed by atoms with Crippen molar-refractivity contribution in [3.63, 3.8) is 0 Å². The second-order valence-corrected chi connectivity index (χ2v) is 4.20. The Labute approximate surface area is 111 Å². The van der Waals surface area contributed by atoms with E-state index < -0.39 is 17.9 Å². The maximum absolute atomic E-state index is 12.0. The molecule has 1 aromatic rings. The van der Waals surface area contributed by atoms with E-state index in [1.165, 1.54) is 0 Å². The molecular weight excluding hydrogens is 244 g/mol. The summed E-state index contributed by atoms with van der Waals surface area (Å²) in [5.41, 5.74) is 0.580. The van der Waals surface area contributed by atoms with Gasteiger partial charge in [-0.25, -0.2) is 0 Å². The molecule has 0 aliphatic heterocycles. The number of hydrogen-bond donors (Lipinski definition) is 1. The van der Waals surface area contributed by atoms with E-state index in [0.29, 0.717) is 24.2 Å². The number of carboxylic acid groups (broad SMARTS) is 1. The second kappa shape index (κ2) is 6.00. The lowest BCUT2D eigenvalue weighted by Gasteiger charge is -2.16. The van der Waals surface area contributed by atoms with Crippen molar-refractivity contribution in [1.29, 1.82) is 0 Å². The molecule has 0 saturated heterocycles. The maximum Gasteiger partial charge on any atom is 0.329 e. The molecular formula is C15H14O4. The van der Waals surface area contributed by atoms with Gasteiger partial charge in [0.05, 0.1) is 0 Å². The van der Waals surface area contributed by atoms with Crippen LogP contribution in [0.4, 0.5) is 0 Å². The van der Waals surface area contributed by atoms with Crippen molar-refractivity contribution < 1.29 is 19.4 Å². The first-order valence-corrected chi connectivity index (χ1v) is 6.02. The number of para-hydroxylation sites is 1. The Morgan fingerprint density at radius 1 is 1.16 bits per heavy atom. The average Bonchev–Trinajstić information content (AvgIpc) is 2.40. The molecule has 0 heterocycles. The van der Waals surface area contributed by atoms with Crippen molar-refractivity contribution in [2.75, 3.05) is 0 Å². The van der Waals surface area contributed by atoms with Crippen molar-refractivity contribution in [3.8, 4) is 5.75 Å². The number of aliphatic carboxylic acids is 1. The molecule has 19 heavy (non-hydrogen) atoms. The normalized spacial score (nSPS) is 15.5. The van der Waals surface area contributed by atoms with Gasteiger partial charge in [-0.15, -0.1) is 0 Å². The van der Waals surface area contributed by atoms with Gasteiger partial charge in [0.25, 0.3) is 0 Å². The first kappa shape index (κ1) is 13.1. The third-order valence-corrected chi connectivity index (χ3v) is 2.85. The fourth-order valence-electron chi connectivity index (χ4n) is 1.93. The minimum atomic E-state index is -1.23. The SMILES string of the molecule is O=C(O)C(C(=O)Oc1ccccc1)C1=CCC=CC1. The van der Waals surface area contributed by atoms with Crippen LogP contribution in [0.3, 0.4) is 0 Å². The molecule has 1 atom stereocenters. The highest BCUT2D eigenvalue weighted by Crippen LogP contribution is 2.23. The topological polar surface area (TPSA) is 63.6 Å². The summed E-state index contributed by atoms with van der Waals surface area (Å²) in [4.78, 5) is 23.3. The van der Waals surface area contributed by atoms with Gasteiger partial charge in [-0.1, -0.05) is 36.4 Å². The summed E-state index contributed by atoms with van der Waals surface area (Å²) in [5, 5.41) is 9.21. The first-order valence-electron chi connectivity index (χ1n) is 6.02. The fraction of sp³-hybridized carbons (Fsp3) is 0.200. The van der Waals surface area contributed by atoms with Crippen molar-refractivity contribution in [2.45, 2.75) is 12.8 Å². The molecule has 1 aromatic carbocycles. The van der Waals surface area contributed by atoms with E-state index in [9.17, 15) is 14.7 Å². The number of benzene rings is 1. The van der Waals surface area contributed by atoms with Gasteiger partial charge in [-0.3, -0.25) is 9.59 Å². The zero-order valence-electron chi connectivity index (χ0n) is 10.3. The summed E-state index contributed by atoms with van der Waals surface area (Å²) in [6.07, 6.45) is 6.69. The number of carbonyl (C=O) groups is 2. The molecule has 4 nitrogen and oxygen atoms in total. The number of carboxylic acids is 1. The Hall–Kier alpha value is -2.36. The number of esters is 1. The number of hydrogen-bond acceptors (Lipinski definition) is 3. The molecule has 4 heteroatoms. The van der Waals surface area contributed by atoms with E-state index in [1.807, 2.05) is 12.2 Å². The van der Waals surface area contributed by atoms with Gasteiger partial charge in [0.1, 0.15) is 5.75 Å². The van der Waals surface area contributed by atoms with E-state index in [0.717, 1.165) is 0 Å². The smallest absolute Gasteiger partial charge is 0.329 e. The Balaban J connectivity index is 2.13. The minimum absolute atomic E-state index is 0.353. The molecule has 0 fully saturated rings. The van der Waals surface area contributed by atoms with Crippen LogP contribution >= 0.6 is 0 Å². The van der Waals surface area contributed by atoms with Gasteiger partial charge in [0.15, 0.2) is 5.92 Å². The fourth-order valence-corrected chi connectivity index (χ4v) is 1.93. The van der Waals surface area contributed by atoms with Gasteiger partial charge >= 0.3 is 11.9 Å². The van der Waals surface area contributed by atoms with Crippen LogP contribution in [0.2, 0.25) is 0 Å². The van der Waals surface area contributed by atoms with Gasteiger partial charge in [-0.05, 0) is 30.5 Å². The number of ether oxygens (including phenoxy) is 1.